The number of hydrogen-bond acceptors (Lipinski definition) is 4. The van der Waals surface area contributed by atoms with Crippen LogP contribution in [0.15, 0.2) is 17.0 Å². The van der Waals surface area contributed by atoms with Crippen molar-refractivity contribution in [2.24, 2.45) is 0 Å². The summed E-state index contributed by atoms with van der Waals surface area (Å²) in [5, 5.41) is 8.83. The first-order chi connectivity index (χ1) is 7.65. The molecule has 0 saturated heterocycles. The minimum Gasteiger partial charge on any atom is -0.462 e. The van der Waals surface area contributed by atoms with Gasteiger partial charge in [0, 0.05) is 10.8 Å². The zero-order valence-electron chi connectivity index (χ0n) is 8.66. The van der Waals surface area contributed by atoms with E-state index < -0.39 is 5.97 Å². The lowest BCUT2D eigenvalue weighted by molar-refractivity contribution is 0.0521. The molecule has 16 heavy (non-hydrogen) atoms. The summed E-state index contributed by atoms with van der Waals surface area (Å²) in [6, 6.07) is 5.18. The fourth-order valence-electron chi connectivity index (χ4n) is 1.27. The second-order valence-corrected chi connectivity index (χ2v) is 3.68. The van der Waals surface area contributed by atoms with Crippen molar-refractivity contribution >= 4 is 30.2 Å². The normalized spacial score (nSPS) is 9.62. The number of esters is 1. The zero-order valence-corrected chi connectivity index (χ0v) is 10.3. The van der Waals surface area contributed by atoms with Gasteiger partial charge in [0.1, 0.15) is 6.07 Å². The molecule has 0 heterocycles. The second-order valence-electron chi connectivity index (χ2n) is 2.96. The van der Waals surface area contributed by atoms with E-state index in [1.807, 2.05) is 6.07 Å². The lowest BCUT2D eigenvalue weighted by atomic mass is 10.1. The standard InChI is InChI=1S/C11H10ClNO2S/c1-2-15-11(14)9-7(5-12)3-4-8(6-13)10(9)16/h3-4,16H,2,5H2,1H3. The van der Waals surface area contributed by atoms with Gasteiger partial charge in [-0.2, -0.15) is 5.26 Å². The number of nitrogens with zero attached hydrogens (tertiary/aromatic N) is 1. The molecule has 0 aliphatic heterocycles. The summed E-state index contributed by atoms with van der Waals surface area (Å²) in [5.41, 5.74) is 1.23. The predicted octanol–water partition coefficient (Wildman–Crippen LogP) is 2.76. The van der Waals surface area contributed by atoms with Crippen molar-refractivity contribution in [2.75, 3.05) is 6.61 Å². The van der Waals surface area contributed by atoms with Gasteiger partial charge in [0.25, 0.3) is 0 Å². The van der Waals surface area contributed by atoms with Crippen LogP contribution in [0.2, 0.25) is 0 Å². The van der Waals surface area contributed by atoms with E-state index in [1.54, 1.807) is 19.1 Å². The molecule has 0 aliphatic rings. The van der Waals surface area contributed by atoms with Crippen molar-refractivity contribution in [1.82, 2.24) is 0 Å². The van der Waals surface area contributed by atoms with Gasteiger partial charge in [0.15, 0.2) is 0 Å². The highest BCUT2D eigenvalue weighted by molar-refractivity contribution is 7.80. The quantitative estimate of drug-likeness (QED) is 0.513. The topological polar surface area (TPSA) is 50.1 Å². The van der Waals surface area contributed by atoms with E-state index in [4.69, 9.17) is 21.6 Å². The molecule has 1 aromatic carbocycles. The molecular formula is C11H10ClNO2S. The van der Waals surface area contributed by atoms with Gasteiger partial charge in [0.05, 0.1) is 17.7 Å². The highest BCUT2D eigenvalue weighted by Gasteiger charge is 2.18. The Labute approximate surface area is 104 Å². The van der Waals surface area contributed by atoms with Gasteiger partial charge >= 0.3 is 5.97 Å². The van der Waals surface area contributed by atoms with Crippen LogP contribution in [0, 0.1) is 11.3 Å². The molecule has 0 aliphatic carbocycles. The number of alkyl halides is 1. The summed E-state index contributed by atoms with van der Waals surface area (Å²) in [5.74, 6) is -0.326. The van der Waals surface area contributed by atoms with Gasteiger partial charge < -0.3 is 4.74 Å². The number of ether oxygens (including phenoxy) is 1. The Morgan fingerprint density at radius 1 is 1.62 bits per heavy atom. The van der Waals surface area contributed by atoms with Gasteiger partial charge in [-0.15, -0.1) is 24.2 Å². The number of nitriles is 1. The van der Waals surface area contributed by atoms with Crippen LogP contribution in [-0.4, -0.2) is 12.6 Å². The van der Waals surface area contributed by atoms with Gasteiger partial charge in [-0.1, -0.05) is 6.07 Å². The average Bonchev–Trinajstić information content (AvgIpc) is 2.28. The number of benzene rings is 1. The van der Waals surface area contributed by atoms with E-state index in [9.17, 15) is 4.79 Å². The van der Waals surface area contributed by atoms with Gasteiger partial charge in [0.2, 0.25) is 0 Å². The molecular weight excluding hydrogens is 246 g/mol. The van der Waals surface area contributed by atoms with E-state index in [-0.39, 0.29) is 18.1 Å². The van der Waals surface area contributed by atoms with Crippen molar-refractivity contribution in [3.05, 3.63) is 28.8 Å². The first-order valence-corrected chi connectivity index (χ1v) is 5.61. The summed E-state index contributed by atoms with van der Waals surface area (Å²) in [6.45, 7) is 1.98. The van der Waals surface area contributed by atoms with Gasteiger partial charge in [-0.25, -0.2) is 4.79 Å². The molecule has 0 saturated carbocycles. The molecule has 0 bridgehead atoms. The molecule has 0 atom stereocenters. The Morgan fingerprint density at radius 3 is 2.81 bits per heavy atom. The highest BCUT2D eigenvalue weighted by Crippen LogP contribution is 2.24. The number of halogens is 1. The van der Waals surface area contributed by atoms with Crippen LogP contribution >= 0.6 is 24.2 Å². The van der Waals surface area contributed by atoms with Crippen molar-refractivity contribution in [3.63, 3.8) is 0 Å². The highest BCUT2D eigenvalue weighted by atomic mass is 35.5. The van der Waals surface area contributed by atoms with E-state index in [2.05, 4.69) is 12.6 Å². The lowest BCUT2D eigenvalue weighted by Gasteiger charge is -2.10. The van der Waals surface area contributed by atoms with E-state index in [1.165, 1.54) is 0 Å². The summed E-state index contributed by atoms with van der Waals surface area (Å²) in [6.07, 6.45) is 0. The van der Waals surface area contributed by atoms with Crippen LogP contribution in [-0.2, 0) is 10.6 Å². The molecule has 3 nitrogen and oxygen atoms in total. The molecule has 84 valence electrons. The molecule has 0 amide bonds. The fourth-order valence-corrected chi connectivity index (χ4v) is 1.85. The van der Waals surface area contributed by atoms with Crippen LogP contribution < -0.4 is 0 Å². The number of hydrogen-bond donors (Lipinski definition) is 1. The Kier molecular flexibility index (Phi) is 4.66. The van der Waals surface area contributed by atoms with E-state index in [0.717, 1.165) is 0 Å². The zero-order chi connectivity index (χ0) is 12.1. The van der Waals surface area contributed by atoms with Crippen molar-refractivity contribution in [3.8, 4) is 6.07 Å². The minimum atomic E-state index is -0.500. The second kappa shape index (κ2) is 5.78. The molecule has 0 aromatic heterocycles. The fraction of sp³-hybridized carbons (Fsp3) is 0.273. The first kappa shape index (κ1) is 12.9. The molecule has 1 aromatic rings. The smallest absolute Gasteiger partial charge is 0.339 e. The maximum Gasteiger partial charge on any atom is 0.339 e. The largest absolute Gasteiger partial charge is 0.462 e. The Bertz CT molecular complexity index is 454. The lowest BCUT2D eigenvalue weighted by Crippen LogP contribution is -2.09. The van der Waals surface area contributed by atoms with Crippen LogP contribution in [0.3, 0.4) is 0 Å². The third-order valence-corrected chi connectivity index (χ3v) is 2.76. The Balaban J connectivity index is 3.33. The van der Waals surface area contributed by atoms with Crippen molar-refractivity contribution < 1.29 is 9.53 Å². The molecule has 0 N–H and O–H groups in total. The summed E-state index contributed by atoms with van der Waals surface area (Å²) in [7, 11) is 0. The SMILES string of the molecule is CCOC(=O)c1c(CCl)ccc(C#N)c1S. The Hall–Kier alpha value is -1.18. The molecule has 0 radical (unpaired) electrons. The van der Waals surface area contributed by atoms with E-state index >= 15 is 0 Å². The molecule has 0 fully saturated rings. The number of thiol groups is 1. The van der Waals surface area contributed by atoms with Crippen LogP contribution in [0.1, 0.15) is 28.4 Å². The predicted molar refractivity (Wildman–Crippen MR) is 63.9 cm³/mol. The third kappa shape index (κ3) is 2.49. The third-order valence-electron chi connectivity index (χ3n) is 2.01. The van der Waals surface area contributed by atoms with Gasteiger partial charge in [-0.3, -0.25) is 0 Å². The van der Waals surface area contributed by atoms with Gasteiger partial charge in [-0.05, 0) is 18.6 Å². The maximum absolute atomic E-state index is 11.7. The van der Waals surface area contributed by atoms with E-state index in [0.29, 0.717) is 16.0 Å². The Morgan fingerprint density at radius 2 is 2.31 bits per heavy atom. The van der Waals surface area contributed by atoms with Crippen LogP contribution in [0.4, 0.5) is 0 Å². The first-order valence-electron chi connectivity index (χ1n) is 4.63. The number of rotatable bonds is 3. The van der Waals surface area contributed by atoms with Crippen LogP contribution in [0.5, 0.6) is 0 Å². The summed E-state index contributed by atoms with van der Waals surface area (Å²) in [4.78, 5) is 12.0. The molecule has 0 spiro atoms. The number of carbonyl (C=O) groups excluding carboxylic acids is 1. The van der Waals surface area contributed by atoms with Crippen molar-refractivity contribution in [1.29, 1.82) is 5.26 Å². The summed E-state index contributed by atoms with van der Waals surface area (Å²) >= 11 is 9.88. The van der Waals surface area contributed by atoms with Crippen LogP contribution in [0.25, 0.3) is 0 Å². The van der Waals surface area contributed by atoms with Crippen molar-refractivity contribution in [2.45, 2.75) is 17.7 Å². The minimum absolute atomic E-state index is 0.174. The average molecular weight is 256 g/mol. The molecule has 0 unspecified atom stereocenters. The summed E-state index contributed by atoms with van der Waals surface area (Å²) < 4.78 is 4.89. The maximum atomic E-state index is 11.7. The number of carbonyl (C=O) groups is 1. The monoisotopic (exact) mass is 255 g/mol. The molecule has 5 heteroatoms. The molecule has 1 rings (SSSR count).